The Morgan fingerprint density at radius 2 is 0.818 bits per heavy atom. The Labute approximate surface area is 143 Å². The van der Waals surface area contributed by atoms with Crippen molar-refractivity contribution in [2.24, 2.45) is 11.5 Å². The van der Waals surface area contributed by atoms with Crippen LogP contribution in [-0.4, -0.2) is 83.0 Å². The molecule has 0 aromatic rings. The summed E-state index contributed by atoms with van der Waals surface area (Å²) in [7, 11) is -5.17. The van der Waals surface area contributed by atoms with E-state index in [1.807, 2.05) is 0 Å². The summed E-state index contributed by atoms with van der Waals surface area (Å²) in [6.45, 7) is 9.15. The molecule has 0 spiro atoms. The molecule has 0 aliphatic carbocycles. The minimum Gasteiger partial charge on any atom is -0.759 e. The van der Waals surface area contributed by atoms with Crippen LogP contribution < -0.4 is 32.7 Å². The average molecular weight is 383 g/mol. The Kier molecular flexibility index (Phi) is 26.0. The second kappa shape index (κ2) is 21.1. The van der Waals surface area contributed by atoms with Crippen LogP contribution in [0.4, 0.5) is 0 Å². The van der Waals surface area contributed by atoms with Crippen molar-refractivity contribution >= 4 is 10.4 Å². The van der Waals surface area contributed by atoms with Gasteiger partial charge in [-0.25, -0.2) is 0 Å². The summed E-state index contributed by atoms with van der Waals surface area (Å²) < 4.78 is 34.1. The molecule has 0 aromatic heterocycles. The SMILES string of the molecule is NCCNCCNCCNCCNCCN.O=S(=O)([O-])[O-].[Mn+2]. The largest absolute Gasteiger partial charge is 2.00 e. The van der Waals surface area contributed by atoms with E-state index in [4.69, 9.17) is 29.0 Å². The molecule has 0 amide bonds. The smallest absolute Gasteiger partial charge is 0.759 e. The summed E-state index contributed by atoms with van der Waals surface area (Å²) in [5.41, 5.74) is 10.7. The quantitative estimate of drug-likeness (QED) is 0.0792. The third-order valence-corrected chi connectivity index (χ3v) is 2.08. The number of nitrogens with one attached hydrogen (secondary N) is 4. The molecule has 0 aliphatic heterocycles. The van der Waals surface area contributed by atoms with Crippen LogP contribution in [0.3, 0.4) is 0 Å². The van der Waals surface area contributed by atoms with Crippen LogP contribution in [-0.2, 0) is 27.5 Å². The number of rotatable bonds is 13. The Morgan fingerprint density at radius 3 is 1.00 bits per heavy atom. The van der Waals surface area contributed by atoms with Gasteiger partial charge >= 0.3 is 17.1 Å². The molecular weight excluding hydrogens is 355 g/mol. The third-order valence-electron chi connectivity index (χ3n) is 2.08. The first-order chi connectivity index (χ1) is 9.91. The van der Waals surface area contributed by atoms with E-state index in [1.54, 1.807) is 0 Å². The minimum absolute atomic E-state index is 0. The maximum atomic E-state index is 8.52. The normalized spacial score (nSPS) is 10.5. The Balaban J connectivity index is -0.000000520. The van der Waals surface area contributed by atoms with Gasteiger partial charge in [0.25, 0.3) is 0 Å². The molecule has 10 nitrogen and oxygen atoms in total. The van der Waals surface area contributed by atoms with Crippen molar-refractivity contribution in [3.63, 3.8) is 0 Å². The zero-order valence-electron chi connectivity index (χ0n) is 12.6. The molecular formula is C10H28MnN6O4S. The van der Waals surface area contributed by atoms with Gasteiger partial charge in [0.2, 0.25) is 0 Å². The molecule has 0 aliphatic rings. The van der Waals surface area contributed by atoms with Crippen molar-refractivity contribution in [3.05, 3.63) is 0 Å². The van der Waals surface area contributed by atoms with Crippen LogP contribution in [0.15, 0.2) is 0 Å². The first kappa shape index (κ1) is 27.0. The second-order valence-electron chi connectivity index (χ2n) is 3.99. The Hall–Kier alpha value is 0.149. The van der Waals surface area contributed by atoms with Gasteiger partial charge in [-0.05, 0) is 0 Å². The maximum Gasteiger partial charge on any atom is 2.00 e. The van der Waals surface area contributed by atoms with Gasteiger partial charge in [0.15, 0.2) is 0 Å². The molecule has 8 N–H and O–H groups in total. The van der Waals surface area contributed by atoms with E-state index in [9.17, 15) is 0 Å². The minimum atomic E-state index is -5.17. The fourth-order valence-corrected chi connectivity index (χ4v) is 1.23. The Bertz CT molecular complexity index is 275. The summed E-state index contributed by atoms with van der Waals surface area (Å²) >= 11 is 0. The van der Waals surface area contributed by atoms with Gasteiger partial charge in [-0.15, -0.1) is 0 Å². The molecule has 12 heteroatoms. The van der Waals surface area contributed by atoms with Gasteiger partial charge in [0.1, 0.15) is 0 Å². The first-order valence-corrected chi connectivity index (χ1v) is 8.14. The summed E-state index contributed by atoms with van der Waals surface area (Å²) in [6.07, 6.45) is 0. The van der Waals surface area contributed by atoms with Crippen LogP contribution in [0.25, 0.3) is 0 Å². The maximum absolute atomic E-state index is 8.52. The van der Waals surface area contributed by atoms with E-state index in [0.717, 1.165) is 52.4 Å². The molecule has 0 saturated heterocycles. The number of hydrogen-bond donors (Lipinski definition) is 6. The van der Waals surface area contributed by atoms with E-state index in [-0.39, 0.29) is 17.1 Å². The fraction of sp³-hybridized carbons (Fsp3) is 1.00. The fourth-order valence-electron chi connectivity index (χ4n) is 1.23. The van der Waals surface area contributed by atoms with Gasteiger partial charge in [-0.1, -0.05) is 0 Å². The van der Waals surface area contributed by atoms with Gasteiger partial charge in [-0.3, -0.25) is 8.42 Å². The number of nitrogens with two attached hydrogens (primary N) is 2. The van der Waals surface area contributed by atoms with Gasteiger partial charge in [-0.2, -0.15) is 0 Å². The van der Waals surface area contributed by atoms with Gasteiger partial charge in [0.05, 0.1) is 0 Å². The molecule has 0 saturated carbocycles. The van der Waals surface area contributed by atoms with Crippen molar-refractivity contribution < 1.29 is 34.6 Å². The van der Waals surface area contributed by atoms with Crippen LogP contribution in [0.2, 0.25) is 0 Å². The molecule has 0 unspecified atom stereocenters. The second-order valence-corrected chi connectivity index (χ2v) is 4.80. The van der Waals surface area contributed by atoms with Crippen molar-refractivity contribution in [2.75, 3.05) is 65.4 Å². The van der Waals surface area contributed by atoms with E-state index in [0.29, 0.717) is 13.1 Å². The monoisotopic (exact) mass is 383 g/mol. The molecule has 0 atom stereocenters. The van der Waals surface area contributed by atoms with Crippen LogP contribution in [0.5, 0.6) is 0 Å². The van der Waals surface area contributed by atoms with Crippen LogP contribution in [0.1, 0.15) is 0 Å². The van der Waals surface area contributed by atoms with Crippen LogP contribution >= 0.6 is 0 Å². The van der Waals surface area contributed by atoms with Crippen molar-refractivity contribution in [3.8, 4) is 0 Å². The summed E-state index contributed by atoms with van der Waals surface area (Å²) in [6, 6.07) is 0. The van der Waals surface area contributed by atoms with Crippen molar-refractivity contribution in [1.82, 2.24) is 21.3 Å². The van der Waals surface area contributed by atoms with Crippen molar-refractivity contribution in [1.29, 1.82) is 0 Å². The summed E-state index contributed by atoms with van der Waals surface area (Å²) in [5.74, 6) is 0. The molecule has 0 rings (SSSR count). The van der Waals surface area contributed by atoms with E-state index < -0.39 is 10.4 Å². The van der Waals surface area contributed by atoms with Crippen molar-refractivity contribution in [2.45, 2.75) is 0 Å². The van der Waals surface area contributed by atoms with E-state index in [2.05, 4.69) is 21.3 Å². The molecule has 1 radical (unpaired) electrons. The zero-order chi connectivity index (χ0) is 16.4. The third kappa shape index (κ3) is 42.7. The molecule has 135 valence electrons. The van der Waals surface area contributed by atoms with E-state index in [1.165, 1.54) is 0 Å². The topological polar surface area (TPSA) is 180 Å². The zero-order valence-corrected chi connectivity index (χ0v) is 14.6. The summed E-state index contributed by atoms with van der Waals surface area (Å²) in [4.78, 5) is 0. The molecule has 0 bridgehead atoms. The molecule has 0 fully saturated rings. The van der Waals surface area contributed by atoms with Crippen LogP contribution in [0, 0.1) is 0 Å². The summed E-state index contributed by atoms with van der Waals surface area (Å²) in [5, 5.41) is 13.1. The Morgan fingerprint density at radius 1 is 0.636 bits per heavy atom. The molecule has 22 heavy (non-hydrogen) atoms. The first-order valence-electron chi connectivity index (χ1n) is 6.81. The number of hydrogen-bond acceptors (Lipinski definition) is 10. The predicted octanol–water partition coefficient (Wildman–Crippen LogP) is -4.08. The molecule has 0 heterocycles. The van der Waals surface area contributed by atoms with E-state index >= 15 is 0 Å². The molecule has 0 aromatic carbocycles. The predicted molar refractivity (Wildman–Crippen MR) is 80.1 cm³/mol. The standard InChI is InChI=1S/C10H28N6.Mn.H2O4S/c11-1-3-13-5-7-15-9-10-16-8-6-14-4-2-12;;1-5(2,3)4/h13-16H,1-12H2;;(H2,1,2,3,4)/q;+2;/p-2. The van der Waals surface area contributed by atoms with Gasteiger partial charge in [0, 0.05) is 75.8 Å². The average Bonchev–Trinajstić information content (AvgIpc) is 2.38. The van der Waals surface area contributed by atoms with Gasteiger partial charge < -0.3 is 41.8 Å².